The van der Waals surface area contributed by atoms with Crippen molar-refractivity contribution in [1.82, 2.24) is 0 Å². The van der Waals surface area contributed by atoms with Gasteiger partial charge in [0.1, 0.15) is 5.60 Å². The third-order valence-electron chi connectivity index (χ3n) is 2.37. The molecule has 2 nitrogen and oxygen atoms in total. The molecule has 2 atom stereocenters. The minimum Gasteiger partial charge on any atom is -0.455 e. The lowest BCUT2D eigenvalue weighted by Gasteiger charge is -2.48. The zero-order chi connectivity index (χ0) is 7.99. The molecule has 0 radical (unpaired) electrons. The van der Waals surface area contributed by atoms with Crippen molar-refractivity contribution in [3.63, 3.8) is 0 Å². The van der Waals surface area contributed by atoms with E-state index < -0.39 is 10.5 Å². The van der Waals surface area contributed by atoms with Gasteiger partial charge in [-0.15, -0.1) is 11.6 Å². The summed E-state index contributed by atoms with van der Waals surface area (Å²) in [7, 11) is 0. The van der Waals surface area contributed by atoms with Gasteiger partial charge in [-0.2, -0.15) is 0 Å². The van der Waals surface area contributed by atoms with E-state index in [4.69, 9.17) is 16.3 Å². The van der Waals surface area contributed by atoms with E-state index in [0.29, 0.717) is 0 Å². The van der Waals surface area contributed by atoms with Gasteiger partial charge in [-0.25, -0.2) is 4.79 Å². The predicted molar refractivity (Wildman–Crippen MR) is 39.0 cm³/mol. The first kappa shape index (κ1) is 7.86. The number of carbonyl (C=O) groups excluding carboxylic acids is 1. The largest absolute Gasteiger partial charge is 0.455 e. The summed E-state index contributed by atoms with van der Waals surface area (Å²) in [6.07, 6.45) is 0.763. The van der Waals surface area contributed by atoms with E-state index in [-0.39, 0.29) is 5.97 Å². The lowest BCUT2D eigenvalue weighted by atomic mass is 9.82. The van der Waals surface area contributed by atoms with E-state index in [2.05, 4.69) is 0 Å². The van der Waals surface area contributed by atoms with Gasteiger partial charge in [-0.3, -0.25) is 0 Å². The van der Waals surface area contributed by atoms with Gasteiger partial charge in [0, 0.05) is 0 Å². The highest BCUT2D eigenvalue weighted by Crippen LogP contribution is 2.45. The Labute approximate surface area is 65.5 Å². The van der Waals surface area contributed by atoms with Gasteiger partial charge in [0.05, 0.1) is 0 Å². The Morgan fingerprint density at radius 1 is 1.60 bits per heavy atom. The fourth-order valence-electron chi connectivity index (χ4n) is 0.970. The standard InChI is InChI=1S/C7H11ClO2/c1-4-6(2)7(3,8)5(9)10-6/h4H2,1-3H3. The van der Waals surface area contributed by atoms with Gasteiger partial charge in [0.2, 0.25) is 0 Å². The van der Waals surface area contributed by atoms with Gasteiger partial charge >= 0.3 is 5.97 Å². The molecule has 58 valence electrons. The van der Waals surface area contributed by atoms with Crippen LogP contribution in [0.3, 0.4) is 0 Å². The van der Waals surface area contributed by atoms with E-state index in [1.165, 1.54) is 0 Å². The monoisotopic (exact) mass is 162 g/mol. The number of rotatable bonds is 1. The molecule has 3 heteroatoms. The van der Waals surface area contributed by atoms with Gasteiger partial charge < -0.3 is 4.74 Å². The highest BCUT2D eigenvalue weighted by atomic mass is 35.5. The highest BCUT2D eigenvalue weighted by Gasteiger charge is 2.61. The van der Waals surface area contributed by atoms with E-state index in [9.17, 15) is 4.79 Å². The number of hydrogen-bond donors (Lipinski definition) is 0. The van der Waals surface area contributed by atoms with Crippen molar-refractivity contribution in [1.29, 1.82) is 0 Å². The maximum atomic E-state index is 10.8. The SMILES string of the molecule is CCC1(C)OC(=O)C1(C)Cl. The molecule has 0 amide bonds. The Kier molecular flexibility index (Phi) is 1.48. The topological polar surface area (TPSA) is 26.3 Å². The molecule has 1 saturated heterocycles. The number of hydrogen-bond acceptors (Lipinski definition) is 2. The first-order valence-corrected chi connectivity index (χ1v) is 3.74. The second-order valence-corrected chi connectivity index (χ2v) is 3.73. The molecule has 0 aromatic rings. The van der Waals surface area contributed by atoms with Crippen LogP contribution in [0.25, 0.3) is 0 Å². The molecule has 10 heavy (non-hydrogen) atoms. The van der Waals surface area contributed by atoms with Crippen LogP contribution in [0.5, 0.6) is 0 Å². The molecular weight excluding hydrogens is 152 g/mol. The quantitative estimate of drug-likeness (QED) is 0.434. The normalized spacial score (nSPS) is 46.2. The number of halogens is 1. The van der Waals surface area contributed by atoms with Gasteiger partial charge in [0.15, 0.2) is 4.87 Å². The minimum absolute atomic E-state index is 0.307. The summed E-state index contributed by atoms with van der Waals surface area (Å²) < 4.78 is 4.92. The molecule has 0 N–H and O–H groups in total. The lowest BCUT2D eigenvalue weighted by Crippen LogP contribution is -2.65. The third kappa shape index (κ3) is 0.685. The summed E-state index contributed by atoms with van der Waals surface area (Å²) in [6.45, 7) is 5.50. The first-order chi connectivity index (χ1) is 4.44. The molecule has 0 spiro atoms. The molecule has 0 saturated carbocycles. The van der Waals surface area contributed by atoms with Crippen LogP contribution < -0.4 is 0 Å². The van der Waals surface area contributed by atoms with Crippen molar-refractivity contribution in [3.8, 4) is 0 Å². The maximum absolute atomic E-state index is 10.8. The molecule has 0 aromatic carbocycles. The number of carbonyl (C=O) groups is 1. The van der Waals surface area contributed by atoms with Crippen molar-refractivity contribution in [2.75, 3.05) is 0 Å². The van der Waals surface area contributed by atoms with E-state index in [1.54, 1.807) is 6.92 Å². The summed E-state index contributed by atoms with van der Waals surface area (Å²) in [5.74, 6) is -0.307. The first-order valence-electron chi connectivity index (χ1n) is 3.36. The Bertz CT molecular complexity index is 176. The number of alkyl halides is 1. The van der Waals surface area contributed by atoms with Crippen molar-refractivity contribution in [2.45, 2.75) is 37.7 Å². The van der Waals surface area contributed by atoms with E-state index >= 15 is 0 Å². The van der Waals surface area contributed by atoms with Crippen LogP contribution in [0, 0.1) is 0 Å². The fourth-order valence-corrected chi connectivity index (χ4v) is 1.18. The van der Waals surface area contributed by atoms with Crippen LogP contribution in [0.2, 0.25) is 0 Å². The van der Waals surface area contributed by atoms with Crippen LogP contribution in [0.4, 0.5) is 0 Å². The van der Waals surface area contributed by atoms with Crippen LogP contribution in [0.1, 0.15) is 27.2 Å². The molecular formula is C7H11ClO2. The maximum Gasteiger partial charge on any atom is 0.331 e. The zero-order valence-corrected chi connectivity index (χ0v) is 7.16. The highest BCUT2D eigenvalue weighted by molar-refractivity contribution is 6.36. The van der Waals surface area contributed by atoms with Crippen LogP contribution in [-0.2, 0) is 9.53 Å². The van der Waals surface area contributed by atoms with Gasteiger partial charge in [-0.1, -0.05) is 6.92 Å². The molecule has 1 rings (SSSR count). The van der Waals surface area contributed by atoms with Crippen molar-refractivity contribution < 1.29 is 9.53 Å². The van der Waals surface area contributed by atoms with E-state index in [0.717, 1.165) is 6.42 Å². The van der Waals surface area contributed by atoms with Crippen LogP contribution in [0.15, 0.2) is 0 Å². The smallest absolute Gasteiger partial charge is 0.331 e. The second-order valence-electron chi connectivity index (χ2n) is 2.98. The average Bonchev–Trinajstić information content (AvgIpc) is 1.88. The predicted octanol–water partition coefficient (Wildman–Crippen LogP) is 1.71. The second kappa shape index (κ2) is 1.88. The molecule has 0 bridgehead atoms. The van der Waals surface area contributed by atoms with Crippen molar-refractivity contribution in [3.05, 3.63) is 0 Å². The molecule has 0 aliphatic carbocycles. The number of esters is 1. The molecule has 0 aromatic heterocycles. The van der Waals surface area contributed by atoms with Crippen LogP contribution in [-0.4, -0.2) is 16.4 Å². The number of cyclic esters (lactones) is 1. The Morgan fingerprint density at radius 3 is 2.20 bits per heavy atom. The summed E-state index contributed by atoms with van der Waals surface area (Å²) >= 11 is 5.89. The van der Waals surface area contributed by atoms with Crippen LogP contribution >= 0.6 is 11.6 Å². The average molecular weight is 163 g/mol. The summed E-state index contributed by atoms with van der Waals surface area (Å²) in [4.78, 5) is 9.97. The molecule has 1 aliphatic heterocycles. The van der Waals surface area contributed by atoms with Gasteiger partial charge in [0.25, 0.3) is 0 Å². The molecule has 1 fully saturated rings. The lowest BCUT2D eigenvalue weighted by molar-refractivity contribution is -0.200. The Morgan fingerprint density at radius 2 is 2.10 bits per heavy atom. The minimum atomic E-state index is -0.804. The molecule has 1 heterocycles. The third-order valence-corrected chi connectivity index (χ3v) is 2.92. The van der Waals surface area contributed by atoms with Crippen molar-refractivity contribution in [2.24, 2.45) is 0 Å². The van der Waals surface area contributed by atoms with Crippen molar-refractivity contribution >= 4 is 17.6 Å². The fraction of sp³-hybridized carbons (Fsp3) is 0.857. The Hall–Kier alpha value is -0.240. The molecule has 2 unspecified atom stereocenters. The summed E-state index contributed by atoms with van der Waals surface area (Å²) in [5, 5.41) is 0. The molecule has 1 aliphatic rings. The number of ether oxygens (including phenoxy) is 1. The summed E-state index contributed by atoms with van der Waals surface area (Å²) in [5.41, 5.74) is -0.453. The zero-order valence-electron chi connectivity index (χ0n) is 6.40. The summed E-state index contributed by atoms with van der Waals surface area (Å²) in [6, 6.07) is 0. The van der Waals surface area contributed by atoms with Gasteiger partial charge in [-0.05, 0) is 20.3 Å². The van der Waals surface area contributed by atoms with E-state index in [1.807, 2.05) is 13.8 Å². The Balaban J connectivity index is 2.80.